The molecule has 7 aromatic carbocycles. The van der Waals surface area contributed by atoms with Crippen LogP contribution >= 0.6 is 0 Å². The van der Waals surface area contributed by atoms with Gasteiger partial charge in [-0.05, 0) is 64.9 Å². The first-order chi connectivity index (χ1) is 25.2. The fraction of sp³-hybridized carbons (Fsp3) is 0.0217. The van der Waals surface area contributed by atoms with Gasteiger partial charge in [-0.1, -0.05) is 133 Å². The number of hydrogen-bond acceptors (Lipinski definition) is 3. The zero-order chi connectivity index (χ0) is 34.1. The Hall–Kier alpha value is -6.85. The van der Waals surface area contributed by atoms with E-state index in [1.807, 2.05) is 78.9 Å². The van der Waals surface area contributed by atoms with E-state index in [1.54, 1.807) is 0 Å². The quantitative estimate of drug-likeness (QED) is 0.132. The van der Waals surface area contributed by atoms with Crippen LogP contribution in [-0.4, -0.2) is 18.4 Å². The van der Waals surface area contributed by atoms with Crippen LogP contribution in [0.2, 0.25) is 0 Å². The number of benzene rings is 7. The molecule has 0 aliphatic carbocycles. The molecule has 51 heavy (non-hydrogen) atoms. The van der Waals surface area contributed by atoms with Gasteiger partial charge in [0, 0.05) is 27.1 Å². The lowest BCUT2D eigenvalue weighted by molar-refractivity contribution is 0.668. The largest absolute Gasteiger partial charge is 0.456 e. The van der Waals surface area contributed by atoms with Crippen LogP contribution < -0.4 is 0 Å². The summed E-state index contributed by atoms with van der Waals surface area (Å²) in [6.45, 7) is 4.42. The number of amidine groups is 2. The number of aliphatic imine (C=N–C) groups is 3. The van der Waals surface area contributed by atoms with E-state index in [0.29, 0.717) is 18.2 Å². The fourth-order valence-electron chi connectivity index (χ4n) is 6.81. The average Bonchev–Trinajstić information content (AvgIpc) is 3.77. The summed E-state index contributed by atoms with van der Waals surface area (Å²) in [5, 5.41) is 3.95. The van der Waals surface area contributed by atoms with Crippen LogP contribution in [0.1, 0.15) is 16.7 Å². The SMILES string of the molecule is C=NC(=NC(=NCc1ccccc1)c1cccc2c1oc1ccccc12)c1cccc2oc3ccc(-c4ccc(-c5ccccc5)cc4)cc3c12. The Morgan fingerprint density at radius 1 is 0.471 bits per heavy atom. The second-order valence-electron chi connectivity index (χ2n) is 12.4. The lowest BCUT2D eigenvalue weighted by Gasteiger charge is -2.08. The van der Waals surface area contributed by atoms with Crippen LogP contribution in [-0.2, 0) is 6.54 Å². The highest BCUT2D eigenvalue weighted by Gasteiger charge is 2.19. The van der Waals surface area contributed by atoms with Crippen LogP contribution in [0.5, 0.6) is 0 Å². The van der Waals surface area contributed by atoms with Gasteiger partial charge in [-0.25, -0.2) is 9.98 Å². The Kier molecular flexibility index (Phi) is 7.63. The maximum atomic E-state index is 6.43. The molecule has 0 atom stereocenters. The van der Waals surface area contributed by atoms with Gasteiger partial charge in [0.15, 0.2) is 11.7 Å². The van der Waals surface area contributed by atoms with Gasteiger partial charge in [-0.3, -0.25) is 4.99 Å². The van der Waals surface area contributed by atoms with Gasteiger partial charge in [0.05, 0.1) is 12.1 Å². The monoisotopic (exact) mass is 657 g/mol. The van der Waals surface area contributed by atoms with Crippen molar-refractivity contribution in [1.82, 2.24) is 0 Å². The van der Waals surface area contributed by atoms with Gasteiger partial charge in [-0.2, -0.15) is 0 Å². The molecule has 242 valence electrons. The molecular formula is C46H31N3O2. The normalized spacial score (nSPS) is 12.3. The minimum absolute atomic E-state index is 0.436. The van der Waals surface area contributed by atoms with Crippen molar-refractivity contribution >= 4 is 62.3 Å². The predicted molar refractivity (Wildman–Crippen MR) is 211 cm³/mol. The summed E-state index contributed by atoms with van der Waals surface area (Å²) < 4.78 is 12.8. The molecule has 5 nitrogen and oxygen atoms in total. The molecule has 9 aromatic rings. The smallest absolute Gasteiger partial charge is 0.161 e. The van der Waals surface area contributed by atoms with Crippen LogP contribution in [0.15, 0.2) is 188 Å². The molecule has 9 rings (SSSR count). The molecule has 2 heterocycles. The van der Waals surface area contributed by atoms with Gasteiger partial charge in [0.2, 0.25) is 0 Å². The van der Waals surface area contributed by atoms with Gasteiger partial charge >= 0.3 is 0 Å². The first-order valence-corrected chi connectivity index (χ1v) is 16.9. The minimum atomic E-state index is 0.436. The highest BCUT2D eigenvalue weighted by molar-refractivity contribution is 6.24. The molecule has 2 aromatic heterocycles. The van der Waals surface area contributed by atoms with Crippen LogP contribution in [0, 0.1) is 0 Å². The van der Waals surface area contributed by atoms with E-state index >= 15 is 0 Å². The number of hydrogen-bond donors (Lipinski definition) is 0. The summed E-state index contributed by atoms with van der Waals surface area (Å²) in [4.78, 5) is 14.7. The second-order valence-corrected chi connectivity index (χ2v) is 12.4. The van der Waals surface area contributed by atoms with E-state index < -0.39 is 0 Å². The van der Waals surface area contributed by atoms with Gasteiger partial charge in [0.25, 0.3) is 0 Å². The van der Waals surface area contributed by atoms with Crippen LogP contribution in [0.25, 0.3) is 66.1 Å². The highest BCUT2D eigenvalue weighted by atomic mass is 16.3. The summed E-state index contributed by atoms with van der Waals surface area (Å²) in [6.07, 6.45) is 0. The zero-order valence-corrected chi connectivity index (χ0v) is 27.7. The number of furan rings is 2. The fourth-order valence-corrected chi connectivity index (χ4v) is 6.81. The molecule has 0 N–H and O–H groups in total. The van der Waals surface area contributed by atoms with Crippen LogP contribution in [0.4, 0.5) is 0 Å². The summed E-state index contributed by atoms with van der Waals surface area (Å²) in [5.41, 5.74) is 10.3. The molecule has 0 amide bonds. The van der Waals surface area contributed by atoms with E-state index in [-0.39, 0.29) is 0 Å². The van der Waals surface area contributed by atoms with Gasteiger partial charge in [-0.15, -0.1) is 0 Å². The molecule has 5 heteroatoms. The third-order valence-electron chi connectivity index (χ3n) is 9.32. The van der Waals surface area contributed by atoms with E-state index in [4.69, 9.17) is 18.8 Å². The predicted octanol–water partition coefficient (Wildman–Crippen LogP) is 11.9. The molecular weight excluding hydrogens is 627 g/mol. The Labute approximate surface area is 294 Å². The topological polar surface area (TPSA) is 63.4 Å². The van der Waals surface area contributed by atoms with Gasteiger partial charge in [0.1, 0.15) is 22.3 Å². The van der Waals surface area contributed by atoms with E-state index in [1.165, 1.54) is 11.1 Å². The third-order valence-corrected chi connectivity index (χ3v) is 9.32. The van der Waals surface area contributed by atoms with E-state index in [2.05, 4.69) is 96.6 Å². The summed E-state index contributed by atoms with van der Waals surface area (Å²) in [5.74, 6) is 0.954. The van der Waals surface area contributed by atoms with E-state index in [0.717, 1.165) is 71.7 Å². The van der Waals surface area contributed by atoms with Crippen molar-refractivity contribution in [2.45, 2.75) is 6.54 Å². The Morgan fingerprint density at radius 2 is 1.08 bits per heavy atom. The maximum Gasteiger partial charge on any atom is 0.161 e. The molecule has 0 spiro atoms. The summed E-state index contributed by atoms with van der Waals surface area (Å²) in [7, 11) is 0. The molecule has 0 unspecified atom stereocenters. The van der Waals surface area contributed by atoms with Crippen molar-refractivity contribution in [2.24, 2.45) is 15.0 Å². The van der Waals surface area contributed by atoms with Crippen molar-refractivity contribution in [3.05, 3.63) is 180 Å². The Morgan fingerprint density at radius 3 is 1.88 bits per heavy atom. The van der Waals surface area contributed by atoms with Gasteiger partial charge < -0.3 is 8.83 Å². The molecule has 0 saturated heterocycles. The average molecular weight is 658 g/mol. The number of fused-ring (bicyclic) bond motifs is 6. The second kappa shape index (κ2) is 12.9. The van der Waals surface area contributed by atoms with Crippen molar-refractivity contribution < 1.29 is 8.83 Å². The lowest BCUT2D eigenvalue weighted by atomic mass is 9.98. The molecule has 0 aliphatic rings. The Balaban J connectivity index is 1.18. The first-order valence-electron chi connectivity index (χ1n) is 16.9. The number of rotatable bonds is 6. The third kappa shape index (κ3) is 5.61. The zero-order valence-electron chi connectivity index (χ0n) is 27.7. The van der Waals surface area contributed by atoms with Crippen molar-refractivity contribution in [3.63, 3.8) is 0 Å². The minimum Gasteiger partial charge on any atom is -0.456 e. The summed E-state index contributed by atoms with van der Waals surface area (Å²) >= 11 is 0. The van der Waals surface area contributed by atoms with E-state index in [9.17, 15) is 0 Å². The Bertz CT molecular complexity index is 2770. The lowest BCUT2D eigenvalue weighted by Crippen LogP contribution is -2.06. The van der Waals surface area contributed by atoms with Crippen LogP contribution in [0.3, 0.4) is 0 Å². The molecule has 0 bridgehead atoms. The number of nitrogens with zero attached hydrogens (tertiary/aromatic N) is 3. The van der Waals surface area contributed by atoms with Crippen molar-refractivity contribution in [1.29, 1.82) is 0 Å². The molecule has 0 aliphatic heterocycles. The highest BCUT2D eigenvalue weighted by Crippen LogP contribution is 2.36. The number of para-hydroxylation sites is 2. The standard InChI is InChI=1S/C46H31N3O2/c1-47-45(49-46(48-29-30-12-4-2-5-13-30)38-19-10-17-36-35-16-8-9-20-40(35)51-44(36)38)37-18-11-21-42-43(37)39-28-34(26-27-41(39)50-42)33-24-22-32(23-25-33)31-14-6-3-7-15-31/h2-28H,1,29H2. The molecule has 0 saturated carbocycles. The molecule has 0 fully saturated rings. The maximum absolute atomic E-state index is 6.43. The summed E-state index contributed by atoms with van der Waals surface area (Å²) in [6, 6.07) is 55.7. The first kappa shape index (κ1) is 30.2. The van der Waals surface area contributed by atoms with Crippen molar-refractivity contribution in [3.8, 4) is 22.3 Å². The van der Waals surface area contributed by atoms with Crippen molar-refractivity contribution in [2.75, 3.05) is 0 Å². The molecule has 0 radical (unpaired) electrons.